The molecule has 176 valence electrons. The summed E-state index contributed by atoms with van der Waals surface area (Å²) in [5.74, 6) is -3.01. The number of unbranched alkanes of at least 4 members (excludes halogenated alkanes) is 5. The van der Waals surface area contributed by atoms with E-state index in [1.54, 1.807) is 7.11 Å². The van der Waals surface area contributed by atoms with Crippen molar-refractivity contribution in [3.8, 4) is 0 Å². The summed E-state index contributed by atoms with van der Waals surface area (Å²) in [5.41, 5.74) is 5.36. The Morgan fingerprint density at radius 2 is 1.80 bits per heavy atom. The number of carboxylic acids is 1. The van der Waals surface area contributed by atoms with Gasteiger partial charge in [-0.1, -0.05) is 51.7 Å². The van der Waals surface area contributed by atoms with E-state index in [1.165, 1.54) is 32.1 Å². The van der Waals surface area contributed by atoms with Crippen LogP contribution in [0.5, 0.6) is 0 Å². The van der Waals surface area contributed by atoms with Crippen LogP contribution in [0.3, 0.4) is 0 Å². The summed E-state index contributed by atoms with van der Waals surface area (Å²) in [5, 5.41) is 7.12. The first kappa shape index (κ1) is 28.4. The minimum absolute atomic E-state index is 0.130. The minimum Gasteiger partial charge on any atom is -0.475 e. The van der Waals surface area contributed by atoms with Crippen LogP contribution in [0.1, 0.15) is 52.4 Å². The first-order valence-electron chi connectivity index (χ1n) is 10.1. The van der Waals surface area contributed by atoms with Crippen LogP contribution in [0.25, 0.3) is 0 Å². The van der Waals surface area contributed by atoms with Crippen LogP contribution in [0.15, 0.2) is 12.2 Å². The molecule has 1 heterocycles. The summed E-state index contributed by atoms with van der Waals surface area (Å²) >= 11 is 0. The van der Waals surface area contributed by atoms with Crippen molar-refractivity contribution >= 4 is 11.9 Å². The lowest BCUT2D eigenvalue weighted by atomic mass is 9.93. The van der Waals surface area contributed by atoms with Crippen LogP contribution in [0, 0.1) is 5.92 Å². The monoisotopic (exact) mass is 441 g/mol. The van der Waals surface area contributed by atoms with Crippen molar-refractivity contribution in [3.63, 3.8) is 0 Å². The van der Waals surface area contributed by atoms with Gasteiger partial charge in [-0.15, -0.1) is 0 Å². The maximum atomic E-state index is 11.6. The van der Waals surface area contributed by atoms with Crippen LogP contribution in [-0.2, 0) is 23.8 Å². The van der Waals surface area contributed by atoms with Gasteiger partial charge in [-0.05, 0) is 12.8 Å². The molecule has 10 heteroatoms. The van der Waals surface area contributed by atoms with Crippen LogP contribution in [0.2, 0.25) is 0 Å². The molecule has 0 aromatic rings. The molecular weight excluding hydrogens is 407 g/mol. The van der Waals surface area contributed by atoms with Crippen molar-refractivity contribution < 1.29 is 42.1 Å². The van der Waals surface area contributed by atoms with E-state index in [1.807, 2.05) is 13.0 Å². The fourth-order valence-corrected chi connectivity index (χ4v) is 2.92. The highest BCUT2D eigenvalue weighted by atomic mass is 19.4. The van der Waals surface area contributed by atoms with E-state index in [9.17, 15) is 18.0 Å². The number of carbonyl (C=O) groups is 2. The van der Waals surface area contributed by atoms with Gasteiger partial charge in [0.1, 0.15) is 12.2 Å². The minimum atomic E-state index is -5.08. The number of hydrogen-bond donors (Lipinski definition) is 2. The molecule has 1 saturated heterocycles. The van der Waals surface area contributed by atoms with Gasteiger partial charge in [0.25, 0.3) is 0 Å². The molecule has 1 aliphatic heterocycles. The number of ether oxygens (including phenoxy) is 3. The van der Waals surface area contributed by atoms with Crippen molar-refractivity contribution in [2.45, 2.75) is 76.9 Å². The van der Waals surface area contributed by atoms with E-state index >= 15 is 0 Å². The molecule has 4 atom stereocenters. The third kappa shape index (κ3) is 11.5. The molecule has 0 aromatic carbocycles. The summed E-state index contributed by atoms with van der Waals surface area (Å²) in [7, 11) is 1.64. The predicted octanol–water partition coefficient (Wildman–Crippen LogP) is 3.46. The van der Waals surface area contributed by atoms with E-state index < -0.39 is 24.2 Å². The van der Waals surface area contributed by atoms with E-state index in [0.717, 1.165) is 6.42 Å². The summed E-state index contributed by atoms with van der Waals surface area (Å²) in [6, 6.07) is 0. The Labute approximate surface area is 175 Å². The number of nitrogens with two attached hydrogens (primary N) is 1. The zero-order chi connectivity index (χ0) is 23.2. The number of carbonyl (C=O) groups excluding carboxylic acids is 1. The average molecular weight is 441 g/mol. The number of methoxy groups -OCH3 is 1. The van der Waals surface area contributed by atoms with Crippen LogP contribution >= 0.6 is 0 Å². The second-order valence-electron chi connectivity index (χ2n) is 7.07. The van der Waals surface area contributed by atoms with Crippen molar-refractivity contribution in [2.24, 2.45) is 11.7 Å². The van der Waals surface area contributed by atoms with Gasteiger partial charge >= 0.3 is 18.1 Å². The Morgan fingerprint density at radius 3 is 2.30 bits per heavy atom. The second kappa shape index (κ2) is 15.2. The molecule has 1 fully saturated rings. The smallest absolute Gasteiger partial charge is 0.475 e. The summed E-state index contributed by atoms with van der Waals surface area (Å²) in [4.78, 5) is 20.5. The highest BCUT2D eigenvalue weighted by Crippen LogP contribution is 2.26. The molecule has 0 aliphatic carbocycles. The Bertz CT molecular complexity index is 527. The van der Waals surface area contributed by atoms with Gasteiger partial charge in [-0.25, -0.2) is 4.79 Å². The average Bonchev–Trinajstić information content (AvgIpc) is 2.68. The Kier molecular flexibility index (Phi) is 14.4. The molecule has 0 spiro atoms. The zero-order valence-electron chi connectivity index (χ0n) is 17.8. The molecule has 0 amide bonds. The largest absolute Gasteiger partial charge is 0.490 e. The van der Waals surface area contributed by atoms with Gasteiger partial charge in [-0.3, -0.25) is 4.79 Å². The number of esters is 1. The number of carboxylic acid groups (broad SMARTS) is 1. The predicted molar refractivity (Wildman–Crippen MR) is 105 cm³/mol. The maximum absolute atomic E-state index is 11.6. The normalized spacial score (nSPS) is 24.2. The third-order valence-electron chi connectivity index (χ3n) is 4.51. The number of halogens is 3. The number of allylic oxidation sites excluding steroid dienone is 1. The molecule has 3 N–H and O–H groups in total. The van der Waals surface area contributed by atoms with Gasteiger partial charge in [0.2, 0.25) is 0 Å². The second-order valence-corrected chi connectivity index (χ2v) is 7.07. The van der Waals surface area contributed by atoms with Crippen molar-refractivity contribution in [2.75, 3.05) is 20.3 Å². The molecule has 1 aliphatic rings. The first-order chi connectivity index (χ1) is 14.1. The quantitative estimate of drug-likeness (QED) is 0.304. The van der Waals surface area contributed by atoms with Gasteiger partial charge in [0.15, 0.2) is 6.10 Å². The third-order valence-corrected chi connectivity index (χ3v) is 4.51. The Morgan fingerprint density at radius 1 is 1.20 bits per heavy atom. The fourth-order valence-electron chi connectivity index (χ4n) is 2.92. The van der Waals surface area contributed by atoms with Crippen molar-refractivity contribution in [3.05, 3.63) is 12.2 Å². The maximum Gasteiger partial charge on any atom is 0.490 e. The molecule has 0 bridgehead atoms. The van der Waals surface area contributed by atoms with Gasteiger partial charge < -0.3 is 25.1 Å². The summed E-state index contributed by atoms with van der Waals surface area (Å²) in [6.07, 6.45) is 5.51. The zero-order valence-corrected chi connectivity index (χ0v) is 17.8. The summed E-state index contributed by atoms with van der Waals surface area (Å²) in [6.45, 7) is 4.72. The fraction of sp³-hybridized carbons (Fsp3) is 0.800. The van der Waals surface area contributed by atoms with Gasteiger partial charge in [0.05, 0.1) is 13.2 Å². The molecule has 0 saturated carbocycles. The molecule has 7 nitrogen and oxygen atoms in total. The van der Waals surface area contributed by atoms with E-state index in [0.29, 0.717) is 6.61 Å². The van der Waals surface area contributed by atoms with E-state index in [-0.39, 0.29) is 24.7 Å². The summed E-state index contributed by atoms with van der Waals surface area (Å²) < 4.78 is 48.6. The topological polar surface area (TPSA) is 108 Å². The lowest BCUT2D eigenvalue weighted by molar-refractivity contribution is -0.192. The molecule has 0 aromatic heterocycles. The van der Waals surface area contributed by atoms with Crippen LogP contribution < -0.4 is 5.73 Å². The Hall–Kier alpha value is -1.65. The van der Waals surface area contributed by atoms with Crippen LogP contribution in [-0.4, -0.2) is 61.8 Å². The highest BCUT2D eigenvalue weighted by molar-refractivity contribution is 5.73. The lowest BCUT2D eigenvalue weighted by Gasteiger charge is -2.39. The number of alkyl halides is 3. The van der Waals surface area contributed by atoms with E-state index in [4.69, 9.17) is 29.8 Å². The van der Waals surface area contributed by atoms with Crippen molar-refractivity contribution in [1.29, 1.82) is 0 Å². The molecule has 0 radical (unpaired) electrons. The first-order valence-corrected chi connectivity index (χ1v) is 10.1. The number of aliphatic carboxylic acids is 1. The molecule has 1 rings (SSSR count). The number of hydrogen-bond acceptors (Lipinski definition) is 6. The lowest BCUT2D eigenvalue weighted by Crippen LogP contribution is -2.52. The Balaban J connectivity index is 0.00000103. The number of rotatable bonds is 10. The van der Waals surface area contributed by atoms with Gasteiger partial charge in [-0.2, -0.15) is 13.2 Å². The standard InChI is InChI=1S/C18H33NO4.C2HF3O2/c1-4-5-6-7-8-9-10-11-15-18(23-16(20)12-19)17(21-3)14(2)13-22-15;3-2(4,5)1(6)7/h10-11,14-15,17-18H,4-9,12-13,19H2,1-3H3;(H,6,7)/b11-10+;/t14-,15-,17-,18-;/m0./s1. The SMILES string of the molecule is CCCCCCC/C=C/[C@@H]1OC[C@H](C)[C@H](OC)[C@H]1OC(=O)CN.O=C(O)C(F)(F)F. The van der Waals surface area contributed by atoms with Gasteiger partial charge in [0, 0.05) is 13.0 Å². The van der Waals surface area contributed by atoms with E-state index in [2.05, 4.69) is 13.0 Å². The molecule has 30 heavy (non-hydrogen) atoms. The highest BCUT2D eigenvalue weighted by Gasteiger charge is 2.40. The van der Waals surface area contributed by atoms with Crippen molar-refractivity contribution in [1.82, 2.24) is 0 Å². The molecular formula is C20H34F3NO6. The molecule has 0 unspecified atom stereocenters. The van der Waals surface area contributed by atoms with Crippen LogP contribution in [0.4, 0.5) is 13.2 Å².